The minimum Gasteiger partial charge on any atom is -0.378 e. The number of fused-ring (bicyclic) bond motifs is 1. The van der Waals surface area contributed by atoms with E-state index in [1.165, 1.54) is 5.56 Å². The Morgan fingerprint density at radius 1 is 0.552 bits per heavy atom. The van der Waals surface area contributed by atoms with Crippen LogP contribution in [0.2, 0.25) is 0 Å². The molecule has 0 fully saturated rings. The van der Waals surface area contributed by atoms with Crippen molar-refractivity contribution in [3.8, 4) is 22.5 Å². The van der Waals surface area contributed by atoms with E-state index in [4.69, 9.17) is 9.97 Å². The van der Waals surface area contributed by atoms with Crippen LogP contribution in [0.4, 0.5) is 11.4 Å². The third-order valence-corrected chi connectivity index (χ3v) is 5.13. The summed E-state index contributed by atoms with van der Waals surface area (Å²) in [5, 5.41) is 0. The molecule has 4 rings (SSSR count). The molecule has 1 heterocycles. The van der Waals surface area contributed by atoms with Gasteiger partial charge in [-0.1, -0.05) is 30.3 Å². The largest absolute Gasteiger partial charge is 0.378 e. The Balaban J connectivity index is 1.91. The monoisotopic (exact) mass is 382 g/mol. The van der Waals surface area contributed by atoms with Gasteiger partial charge >= 0.3 is 0 Å². The highest BCUT2D eigenvalue weighted by atomic mass is 15.1. The highest BCUT2D eigenvalue weighted by molar-refractivity contribution is 5.87. The lowest BCUT2D eigenvalue weighted by Gasteiger charge is -2.15. The van der Waals surface area contributed by atoms with Gasteiger partial charge in [-0.25, -0.2) is 9.97 Å². The number of hydrogen-bond acceptors (Lipinski definition) is 4. The number of anilines is 2. The van der Waals surface area contributed by atoms with E-state index < -0.39 is 0 Å². The summed E-state index contributed by atoms with van der Waals surface area (Å²) < 4.78 is 0. The molecule has 0 amide bonds. The molecular weight excluding hydrogens is 356 g/mol. The van der Waals surface area contributed by atoms with Crippen LogP contribution < -0.4 is 9.80 Å². The molecule has 0 aliphatic heterocycles. The second-order valence-corrected chi connectivity index (χ2v) is 7.80. The zero-order valence-corrected chi connectivity index (χ0v) is 17.6. The van der Waals surface area contributed by atoms with Crippen LogP contribution in [0.15, 0.2) is 66.7 Å². The molecule has 0 saturated carbocycles. The van der Waals surface area contributed by atoms with Crippen LogP contribution in [0.5, 0.6) is 0 Å². The predicted molar refractivity (Wildman–Crippen MR) is 124 cm³/mol. The van der Waals surface area contributed by atoms with Crippen molar-refractivity contribution in [2.24, 2.45) is 0 Å². The zero-order valence-electron chi connectivity index (χ0n) is 17.6. The Kier molecular flexibility index (Phi) is 4.93. The van der Waals surface area contributed by atoms with Crippen molar-refractivity contribution in [1.29, 1.82) is 0 Å². The summed E-state index contributed by atoms with van der Waals surface area (Å²) in [5.41, 5.74) is 9.29. The van der Waals surface area contributed by atoms with E-state index in [-0.39, 0.29) is 0 Å². The van der Waals surface area contributed by atoms with Gasteiger partial charge in [-0.2, -0.15) is 0 Å². The molecule has 146 valence electrons. The van der Waals surface area contributed by atoms with E-state index in [9.17, 15) is 0 Å². The maximum absolute atomic E-state index is 5.03. The van der Waals surface area contributed by atoms with Gasteiger partial charge < -0.3 is 9.80 Å². The Labute approximate surface area is 172 Å². The number of aromatic nitrogens is 2. The van der Waals surface area contributed by atoms with E-state index in [0.29, 0.717) is 0 Å². The molecule has 3 aromatic carbocycles. The van der Waals surface area contributed by atoms with Gasteiger partial charge in [0.05, 0.1) is 22.4 Å². The molecule has 1 aromatic heterocycles. The average molecular weight is 383 g/mol. The first kappa shape index (κ1) is 18.9. The van der Waals surface area contributed by atoms with Crippen LogP contribution >= 0.6 is 0 Å². The molecule has 4 aromatic rings. The van der Waals surface area contributed by atoms with Gasteiger partial charge in [0.2, 0.25) is 0 Å². The van der Waals surface area contributed by atoms with Gasteiger partial charge in [-0.05, 0) is 48.9 Å². The number of rotatable bonds is 4. The molecule has 0 spiro atoms. The number of hydrogen-bond donors (Lipinski definition) is 0. The fraction of sp³-hybridized carbons (Fsp3) is 0.200. The molecule has 0 aliphatic rings. The van der Waals surface area contributed by atoms with Gasteiger partial charge in [0, 0.05) is 50.7 Å². The lowest BCUT2D eigenvalue weighted by molar-refractivity contribution is 1.13. The van der Waals surface area contributed by atoms with Gasteiger partial charge in [0.1, 0.15) is 0 Å². The predicted octanol–water partition coefficient (Wildman–Crippen LogP) is 5.40. The quantitative estimate of drug-likeness (QED) is 0.473. The second kappa shape index (κ2) is 7.55. The third-order valence-electron chi connectivity index (χ3n) is 5.13. The van der Waals surface area contributed by atoms with Crippen molar-refractivity contribution < 1.29 is 0 Å². The third kappa shape index (κ3) is 3.79. The summed E-state index contributed by atoms with van der Waals surface area (Å²) in [7, 11) is 8.19. The number of benzene rings is 3. The Morgan fingerprint density at radius 2 is 1.00 bits per heavy atom. The lowest BCUT2D eigenvalue weighted by Crippen LogP contribution is -2.08. The van der Waals surface area contributed by atoms with E-state index in [1.54, 1.807) is 0 Å². The van der Waals surface area contributed by atoms with Crippen molar-refractivity contribution in [2.45, 2.75) is 6.92 Å². The van der Waals surface area contributed by atoms with Crippen LogP contribution in [0, 0.1) is 6.92 Å². The van der Waals surface area contributed by atoms with E-state index >= 15 is 0 Å². The molecule has 0 bridgehead atoms. The van der Waals surface area contributed by atoms with Crippen molar-refractivity contribution in [1.82, 2.24) is 9.97 Å². The lowest BCUT2D eigenvalue weighted by atomic mass is 10.0. The highest BCUT2D eigenvalue weighted by Crippen LogP contribution is 2.33. The highest BCUT2D eigenvalue weighted by Gasteiger charge is 2.14. The molecule has 0 saturated heterocycles. The van der Waals surface area contributed by atoms with Crippen molar-refractivity contribution in [3.63, 3.8) is 0 Å². The first-order valence-corrected chi connectivity index (χ1v) is 9.76. The van der Waals surface area contributed by atoms with Crippen LogP contribution in [-0.2, 0) is 0 Å². The molecule has 0 radical (unpaired) electrons. The van der Waals surface area contributed by atoms with Gasteiger partial charge in [-0.15, -0.1) is 0 Å². The summed E-state index contributed by atoms with van der Waals surface area (Å²) in [6, 6.07) is 23.2. The number of nitrogens with zero attached hydrogens (tertiary/aromatic N) is 4. The molecule has 0 atom stereocenters. The molecule has 0 N–H and O–H groups in total. The standard InChI is InChI=1S/C25H26N4/c1-17-6-15-22-23(16-17)27-25(19-9-13-21(14-10-19)29(4)5)24(26-22)18-7-11-20(12-8-18)28(2)3/h6-16H,1-5H3. The smallest absolute Gasteiger partial charge is 0.0973 e. The number of aryl methyl sites for hydroxylation is 1. The van der Waals surface area contributed by atoms with Crippen LogP contribution in [0.3, 0.4) is 0 Å². The Morgan fingerprint density at radius 3 is 1.45 bits per heavy atom. The van der Waals surface area contributed by atoms with Gasteiger partial charge in [0.25, 0.3) is 0 Å². The van der Waals surface area contributed by atoms with Crippen LogP contribution in [0.1, 0.15) is 5.56 Å². The van der Waals surface area contributed by atoms with E-state index in [2.05, 4.69) is 77.4 Å². The zero-order chi connectivity index (χ0) is 20.5. The maximum Gasteiger partial charge on any atom is 0.0973 e. The fourth-order valence-electron chi connectivity index (χ4n) is 3.40. The van der Waals surface area contributed by atoms with Crippen molar-refractivity contribution in [2.75, 3.05) is 38.0 Å². The Hall–Kier alpha value is -3.40. The minimum absolute atomic E-state index is 0.907. The summed E-state index contributed by atoms with van der Waals surface area (Å²) in [6.45, 7) is 2.08. The summed E-state index contributed by atoms with van der Waals surface area (Å²) >= 11 is 0. The second-order valence-electron chi connectivity index (χ2n) is 7.80. The molecular formula is C25H26N4. The molecule has 4 heteroatoms. The molecule has 0 aliphatic carbocycles. The topological polar surface area (TPSA) is 32.3 Å². The summed E-state index contributed by atoms with van der Waals surface area (Å²) in [5.74, 6) is 0. The van der Waals surface area contributed by atoms with E-state index in [1.807, 2.05) is 34.3 Å². The first-order chi connectivity index (χ1) is 13.9. The van der Waals surface area contributed by atoms with Crippen LogP contribution in [0.25, 0.3) is 33.5 Å². The fourth-order valence-corrected chi connectivity index (χ4v) is 3.40. The van der Waals surface area contributed by atoms with Gasteiger partial charge in [-0.3, -0.25) is 0 Å². The van der Waals surface area contributed by atoms with Crippen molar-refractivity contribution >= 4 is 22.4 Å². The minimum atomic E-state index is 0.907. The average Bonchev–Trinajstić information content (AvgIpc) is 2.73. The Bertz CT molecular complexity index is 1140. The molecule has 4 nitrogen and oxygen atoms in total. The van der Waals surface area contributed by atoms with Crippen LogP contribution in [-0.4, -0.2) is 38.2 Å². The van der Waals surface area contributed by atoms with E-state index in [0.717, 1.165) is 44.9 Å². The normalized spacial score (nSPS) is 10.9. The summed E-state index contributed by atoms with van der Waals surface area (Å²) in [4.78, 5) is 14.2. The first-order valence-electron chi connectivity index (χ1n) is 9.76. The maximum atomic E-state index is 5.03. The SMILES string of the molecule is Cc1ccc2nc(-c3ccc(N(C)C)cc3)c(-c3ccc(N(C)C)cc3)nc2c1. The summed E-state index contributed by atoms with van der Waals surface area (Å²) in [6.07, 6.45) is 0. The molecule has 29 heavy (non-hydrogen) atoms. The van der Waals surface area contributed by atoms with Crippen molar-refractivity contribution in [3.05, 3.63) is 72.3 Å². The van der Waals surface area contributed by atoms with Gasteiger partial charge in [0.15, 0.2) is 0 Å². The molecule has 0 unspecified atom stereocenters.